The summed E-state index contributed by atoms with van der Waals surface area (Å²) < 4.78 is 166. The fourth-order valence-electron chi connectivity index (χ4n) is 6.98. The summed E-state index contributed by atoms with van der Waals surface area (Å²) in [5.74, 6) is -2.92. The van der Waals surface area contributed by atoms with Gasteiger partial charge in [-0.05, 0) is 56.0 Å². The quantitative estimate of drug-likeness (QED) is 0.178. The van der Waals surface area contributed by atoms with Crippen LogP contribution in [0.2, 0.25) is 0 Å². The van der Waals surface area contributed by atoms with Crippen LogP contribution >= 0.6 is 11.3 Å². The van der Waals surface area contributed by atoms with Gasteiger partial charge in [-0.15, -0.1) is 11.3 Å². The molecule has 1 aliphatic heterocycles. The van der Waals surface area contributed by atoms with E-state index in [1.807, 2.05) is 0 Å². The summed E-state index contributed by atoms with van der Waals surface area (Å²) in [6, 6.07) is 5.73. The van der Waals surface area contributed by atoms with E-state index >= 15 is 4.39 Å². The minimum absolute atomic E-state index is 0.0338. The SMILES string of the molecule is O=S1(=O)CC2(CC(Nc3nccc(-c4sc(C5(C(F)(F)F)CCC5)nc4-c4cccc(NS(=O)(=O)c5c(F)cccc5C(F)(F)F)c4F)n3)C2)C1. The highest BCUT2D eigenvalue weighted by atomic mass is 32.2. The molecular formula is C31H25F8N5O4S3. The Morgan fingerprint density at radius 2 is 1.61 bits per heavy atom. The number of nitrogens with zero attached hydrogens (tertiary/aromatic N) is 3. The zero-order valence-corrected chi connectivity index (χ0v) is 28.3. The van der Waals surface area contributed by atoms with E-state index in [9.17, 15) is 47.6 Å². The van der Waals surface area contributed by atoms with Gasteiger partial charge in [-0.3, -0.25) is 4.72 Å². The zero-order chi connectivity index (χ0) is 36.8. The van der Waals surface area contributed by atoms with Gasteiger partial charge in [0, 0.05) is 23.2 Å². The van der Waals surface area contributed by atoms with Gasteiger partial charge in [-0.25, -0.2) is 40.6 Å². The predicted molar refractivity (Wildman–Crippen MR) is 170 cm³/mol. The number of aromatic nitrogens is 3. The van der Waals surface area contributed by atoms with Crippen LogP contribution in [0.5, 0.6) is 0 Å². The molecule has 0 unspecified atom stereocenters. The van der Waals surface area contributed by atoms with Crippen LogP contribution < -0.4 is 10.0 Å². The average molecular weight is 780 g/mol. The summed E-state index contributed by atoms with van der Waals surface area (Å²) >= 11 is 0.612. The number of halogens is 8. The van der Waals surface area contributed by atoms with Crippen molar-refractivity contribution >= 4 is 42.8 Å². The summed E-state index contributed by atoms with van der Waals surface area (Å²) in [7, 11) is -8.47. The molecule has 1 saturated heterocycles. The minimum Gasteiger partial charge on any atom is -0.351 e. The molecule has 0 atom stereocenters. The Hall–Kier alpha value is -3.91. The minimum atomic E-state index is -5.41. The number of sulfonamides is 1. The second kappa shape index (κ2) is 11.8. The summed E-state index contributed by atoms with van der Waals surface area (Å²) in [4.78, 5) is 11.0. The van der Waals surface area contributed by atoms with Crippen LogP contribution in [0.4, 0.5) is 46.8 Å². The first-order chi connectivity index (χ1) is 23.7. The van der Waals surface area contributed by atoms with Crippen LogP contribution in [-0.2, 0) is 31.5 Å². The maximum atomic E-state index is 16.3. The standard InChI is InChI=1S/C31H25F8N5O4S3/c32-19-6-2-5-18(30(34,35)36)25(19)51(47,48)44-20-7-1-4-17(22(20)33)23-24(49-26(43-23)29(9-3-10-29)31(37,38)39)21-8-11-40-27(42-21)41-16-12-28(13-16)14-50(45,46)15-28/h1-2,4-8,11,16,44H,3,9-10,12-15H2,(H,40,41,42). The number of rotatable bonds is 8. The molecule has 9 nitrogen and oxygen atoms in total. The van der Waals surface area contributed by atoms with E-state index in [0.29, 0.717) is 42.4 Å². The second-order valence-electron chi connectivity index (χ2n) is 13.1. The molecule has 2 aromatic heterocycles. The van der Waals surface area contributed by atoms with Gasteiger partial charge >= 0.3 is 12.4 Å². The second-order valence-corrected chi connectivity index (χ2v) is 17.7. The molecule has 272 valence electrons. The van der Waals surface area contributed by atoms with E-state index < -0.39 is 76.0 Å². The molecule has 4 aromatic rings. The fraction of sp³-hybridized carbons (Fsp3) is 0.387. The normalized spacial score (nSPS) is 19.5. The lowest BCUT2D eigenvalue weighted by molar-refractivity contribution is -0.212. The highest BCUT2D eigenvalue weighted by molar-refractivity contribution is 7.93. The molecule has 7 rings (SSSR count). The number of nitrogens with one attached hydrogen (secondary N) is 2. The van der Waals surface area contributed by atoms with E-state index in [1.54, 1.807) is 4.72 Å². The molecule has 2 saturated carbocycles. The van der Waals surface area contributed by atoms with Crippen molar-refractivity contribution in [1.82, 2.24) is 15.0 Å². The molecule has 3 aliphatic rings. The maximum absolute atomic E-state index is 16.3. The van der Waals surface area contributed by atoms with E-state index in [1.165, 1.54) is 12.3 Å². The van der Waals surface area contributed by atoms with Crippen molar-refractivity contribution in [3.05, 3.63) is 70.9 Å². The Kier molecular flexibility index (Phi) is 8.22. The Morgan fingerprint density at radius 1 is 0.922 bits per heavy atom. The molecule has 0 bridgehead atoms. The van der Waals surface area contributed by atoms with Gasteiger partial charge in [0.15, 0.2) is 15.7 Å². The molecule has 2 N–H and O–H groups in total. The third-order valence-corrected chi connectivity index (χ3v) is 14.3. The first kappa shape index (κ1) is 35.5. The summed E-state index contributed by atoms with van der Waals surface area (Å²) in [5, 5.41) is 2.70. The van der Waals surface area contributed by atoms with Crippen LogP contribution in [0.25, 0.3) is 21.8 Å². The third kappa shape index (κ3) is 6.21. The average Bonchev–Trinajstić information content (AvgIpc) is 3.39. The van der Waals surface area contributed by atoms with Crippen molar-refractivity contribution in [2.24, 2.45) is 5.41 Å². The van der Waals surface area contributed by atoms with Crippen molar-refractivity contribution in [3.63, 3.8) is 0 Å². The van der Waals surface area contributed by atoms with Crippen LogP contribution in [0, 0.1) is 17.0 Å². The number of sulfone groups is 1. The van der Waals surface area contributed by atoms with E-state index in [4.69, 9.17) is 0 Å². The monoisotopic (exact) mass is 779 g/mol. The first-order valence-electron chi connectivity index (χ1n) is 15.3. The van der Waals surface area contributed by atoms with E-state index in [2.05, 4.69) is 20.3 Å². The van der Waals surface area contributed by atoms with Gasteiger partial charge in [0.05, 0.1) is 39.0 Å². The lowest BCUT2D eigenvalue weighted by Crippen LogP contribution is -2.60. The number of benzene rings is 2. The molecule has 1 spiro atoms. The third-order valence-electron chi connectivity index (χ3n) is 9.46. The van der Waals surface area contributed by atoms with Crippen molar-refractivity contribution < 1.29 is 52.0 Å². The lowest BCUT2D eigenvalue weighted by atomic mass is 9.67. The topological polar surface area (TPSA) is 131 Å². The first-order valence-corrected chi connectivity index (χ1v) is 19.4. The van der Waals surface area contributed by atoms with Gasteiger partial charge in [0.1, 0.15) is 21.1 Å². The van der Waals surface area contributed by atoms with Crippen LogP contribution in [0.1, 0.15) is 42.7 Å². The Bertz CT molecular complexity index is 2250. The Balaban J connectivity index is 1.27. The van der Waals surface area contributed by atoms with Crippen molar-refractivity contribution in [2.75, 3.05) is 21.5 Å². The smallest absolute Gasteiger partial charge is 0.351 e. The van der Waals surface area contributed by atoms with Crippen LogP contribution in [0.3, 0.4) is 0 Å². The van der Waals surface area contributed by atoms with Crippen molar-refractivity contribution in [1.29, 1.82) is 0 Å². The summed E-state index contributed by atoms with van der Waals surface area (Å²) in [6.45, 7) is 0. The molecule has 0 radical (unpaired) electrons. The Labute approximate surface area is 289 Å². The van der Waals surface area contributed by atoms with Gasteiger partial charge in [-0.1, -0.05) is 18.6 Å². The van der Waals surface area contributed by atoms with Gasteiger partial charge in [0.25, 0.3) is 10.0 Å². The lowest BCUT2D eigenvalue weighted by Gasteiger charge is -2.53. The number of anilines is 2. The Morgan fingerprint density at radius 3 is 2.22 bits per heavy atom. The van der Waals surface area contributed by atoms with Crippen molar-refractivity contribution in [2.45, 2.75) is 60.8 Å². The fourth-order valence-corrected chi connectivity index (χ4v) is 11.9. The molecule has 3 fully saturated rings. The molecule has 51 heavy (non-hydrogen) atoms. The van der Waals surface area contributed by atoms with Gasteiger partial charge < -0.3 is 5.32 Å². The summed E-state index contributed by atoms with van der Waals surface area (Å²) in [5.41, 5.74) is -6.22. The van der Waals surface area contributed by atoms with Crippen LogP contribution in [0.15, 0.2) is 53.6 Å². The van der Waals surface area contributed by atoms with Gasteiger partial charge in [-0.2, -0.15) is 26.3 Å². The molecule has 2 aliphatic carbocycles. The molecule has 3 heterocycles. The largest absolute Gasteiger partial charge is 0.417 e. The maximum Gasteiger partial charge on any atom is 0.417 e. The van der Waals surface area contributed by atoms with Gasteiger partial charge in [0.2, 0.25) is 5.95 Å². The number of hydrogen-bond acceptors (Lipinski definition) is 9. The van der Waals surface area contributed by atoms with E-state index in [-0.39, 0.29) is 64.4 Å². The highest BCUT2D eigenvalue weighted by Crippen LogP contribution is 2.57. The summed E-state index contributed by atoms with van der Waals surface area (Å²) in [6.07, 6.45) is -7.96. The number of hydrogen-bond donors (Lipinski definition) is 2. The molecular weight excluding hydrogens is 755 g/mol. The predicted octanol–water partition coefficient (Wildman–Crippen LogP) is 7.34. The molecule has 0 amide bonds. The molecule has 20 heteroatoms. The van der Waals surface area contributed by atoms with Crippen molar-refractivity contribution in [3.8, 4) is 21.8 Å². The van der Waals surface area contributed by atoms with Crippen LogP contribution in [-0.4, -0.2) is 55.5 Å². The zero-order valence-electron chi connectivity index (χ0n) is 25.9. The number of thiazole rings is 1. The molecule has 2 aromatic carbocycles. The number of alkyl halides is 6. The highest BCUT2D eigenvalue weighted by Gasteiger charge is 2.61. The van der Waals surface area contributed by atoms with E-state index in [0.717, 1.165) is 18.2 Å².